The van der Waals surface area contributed by atoms with Crippen LogP contribution in [0.15, 0.2) is 27.4 Å². The lowest BCUT2D eigenvalue weighted by Crippen LogP contribution is -1.84. The number of carbonyl (C=O) groups is 1. The Labute approximate surface area is 73.3 Å². The topological polar surface area (TPSA) is 63.3 Å². The molecule has 0 saturated carbocycles. The first-order valence-electron chi connectivity index (χ1n) is 3.17. The summed E-state index contributed by atoms with van der Waals surface area (Å²) >= 11 is 1.13. The molecule has 4 nitrogen and oxygen atoms in total. The number of oxazole rings is 1. The third-order valence-electron chi connectivity index (χ3n) is 0.977. The van der Waals surface area contributed by atoms with E-state index in [1.807, 2.05) is 0 Å². The van der Waals surface area contributed by atoms with Gasteiger partial charge >= 0.3 is 5.97 Å². The van der Waals surface area contributed by atoms with Crippen molar-refractivity contribution in [3.05, 3.63) is 23.4 Å². The van der Waals surface area contributed by atoms with Gasteiger partial charge in [-0.05, 0) is 24.1 Å². The molecule has 0 aliphatic heterocycles. The molecular weight excluding hydrogens is 178 g/mol. The van der Waals surface area contributed by atoms with Gasteiger partial charge in [-0.25, -0.2) is 9.78 Å². The van der Waals surface area contributed by atoms with Crippen LogP contribution in [0.4, 0.5) is 0 Å². The Balaban J connectivity index is 2.48. The summed E-state index contributed by atoms with van der Waals surface area (Å²) in [7, 11) is 0. The maximum Gasteiger partial charge on any atom is 0.328 e. The maximum absolute atomic E-state index is 10.0. The van der Waals surface area contributed by atoms with E-state index in [0.717, 1.165) is 23.5 Å². The molecule has 1 rings (SSSR count). The zero-order valence-electron chi connectivity index (χ0n) is 6.35. The van der Waals surface area contributed by atoms with Crippen molar-refractivity contribution < 1.29 is 14.3 Å². The molecule has 0 atom stereocenters. The van der Waals surface area contributed by atoms with Gasteiger partial charge in [0.05, 0.1) is 5.69 Å². The van der Waals surface area contributed by atoms with E-state index in [1.54, 1.807) is 6.92 Å². The minimum absolute atomic E-state index is 0.449. The van der Waals surface area contributed by atoms with E-state index in [-0.39, 0.29) is 0 Å². The van der Waals surface area contributed by atoms with Gasteiger partial charge < -0.3 is 9.52 Å². The average molecular weight is 185 g/mol. The zero-order chi connectivity index (χ0) is 8.97. The molecule has 1 aromatic heterocycles. The summed E-state index contributed by atoms with van der Waals surface area (Å²) in [5.74, 6) is -0.981. The molecule has 0 fully saturated rings. The van der Waals surface area contributed by atoms with Crippen molar-refractivity contribution in [2.24, 2.45) is 0 Å². The van der Waals surface area contributed by atoms with Gasteiger partial charge in [0.1, 0.15) is 6.26 Å². The SMILES string of the molecule is Cc1coc(S/C=C/C(=O)O)n1. The Morgan fingerprint density at radius 2 is 2.58 bits per heavy atom. The van der Waals surface area contributed by atoms with Crippen molar-refractivity contribution in [3.63, 3.8) is 0 Å². The maximum atomic E-state index is 10.0. The lowest BCUT2D eigenvalue weighted by atomic mass is 10.6. The second-order valence-electron chi connectivity index (χ2n) is 2.01. The molecule has 0 aromatic carbocycles. The number of hydrogen-bond acceptors (Lipinski definition) is 4. The minimum atomic E-state index is -0.981. The molecule has 5 heteroatoms. The molecule has 64 valence electrons. The number of hydrogen-bond donors (Lipinski definition) is 1. The molecule has 0 aliphatic carbocycles. The van der Waals surface area contributed by atoms with Crippen molar-refractivity contribution in [2.45, 2.75) is 12.1 Å². The Morgan fingerprint density at radius 3 is 3.08 bits per heavy atom. The summed E-state index contributed by atoms with van der Waals surface area (Å²) in [5.41, 5.74) is 0.779. The molecule has 0 unspecified atom stereocenters. The van der Waals surface area contributed by atoms with Crippen molar-refractivity contribution in [3.8, 4) is 0 Å². The van der Waals surface area contributed by atoms with Crippen LogP contribution >= 0.6 is 11.8 Å². The first-order valence-corrected chi connectivity index (χ1v) is 4.04. The predicted molar refractivity (Wildman–Crippen MR) is 43.9 cm³/mol. The Kier molecular flexibility index (Phi) is 2.93. The number of aromatic nitrogens is 1. The second-order valence-corrected chi connectivity index (χ2v) is 2.87. The second kappa shape index (κ2) is 3.96. The highest BCUT2D eigenvalue weighted by Crippen LogP contribution is 2.17. The summed E-state index contributed by atoms with van der Waals surface area (Å²) in [5, 5.41) is 10.1. The fourth-order valence-corrected chi connectivity index (χ4v) is 1.14. The first-order chi connectivity index (χ1) is 5.68. The van der Waals surface area contributed by atoms with Crippen LogP contribution in [0.25, 0.3) is 0 Å². The third kappa shape index (κ3) is 2.79. The van der Waals surface area contributed by atoms with E-state index in [0.29, 0.717) is 5.22 Å². The van der Waals surface area contributed by atoms with Crippen LogP contribution in [-0.4, -0.2) is 16.1 Å². The molecule has 0 saturated heterocycles. The highest BCUT2D eigenvalue weighted by Gasteiger charge is 1.97. The molecule has 0 amide bonds. The standard InChI is InChI=1S/C7H7NO3S/c1-5-4-11-7(8-5)12-3-2-6(9)10/h2-4H,1H3,(H,9,10)/b3-2+. The Morgan fingerprint density at radius 1 is 1.83 bits per heavy atom. The molecule has 1 N–H and O–H groups in total. The van der Waals surface area contributed by atoms with E-state index in [2.05, 4.69) is 4.98 Å². The molecular formula is C7H7NO3S. The van der Waals surface area contributed by atoms with Crippen molar-refractivity contribution in [1.29, 1.82) is 0 Å². The predicted octanol–water partition coefficient (Wildman–Crippen LogP) is 1.67. The van der Waals surface area contributed by atoms with Gasteiger partial charge in [0, 0.05) is 6.08 Å². The quantitative estimate of drug-likeness (QED) is 0.573. The van der Waals surface area contributed by atoms with Gasteiger partial charge in [-0.15, -0.1) is 0 Å². The van der Waals surface area contributed by atoms with Gasteiger partial charge in [0.25, 0.3) is 5.22 Å². The lowest BCUT2D eigenvalue weighted by molar-refractivity contribution is -0.131. The largest absolute Gasteiger partial charge is 0.478 e. The van der Waals surface area contributed by atoms with E-state index in [4.69, 9.17) is 9.52 Å². The van der Waals surface area contributed by atoms with Crippen LogP contribution in [0.3, 0.4) is 0 Å². The number of carboxylic acids is 1. The van der Waals surface area contributed by atoms with Gasteiger partial charge in [0.2, 0.25) is 0 Å². The highest BCUT2D eigenvalue weighted by atomic mass is 32.2. The summed E-state index contributed by atoms with van der Waals surface area (Å²) in [6.45, 7) is 1.80. The summed E-state index contributed by atoms with van der Waals surface area (Å²) in [6, 6.07) is 0. The van der Waals surface area contributed by atoms with Crippen LogP contribution in [0.1, 0.15) is 5.69 Å². The van der Waals surface area contributed by atoms with Gasteiger partial charge in [-0.3, -0.25) is 0 Å². The van der Waals surface area contributed by atoms with Gasteiger partial charge in [-0.2, -0.15) is 0 Å². The van der Waals surface area contributed by atoms with E-state index in [9.17, 15) is 4.79 Å². The molecule has 0 aliphatic rings. The number of rotatable bonds is 3. The molecule has 0 bridgehead atoms. The number of carboxylic acid groups (broad SMARTS) is 1. The van der Waals surface area contributed by atoms with Gasteiger partial charge in [-0.1, -0.05) is 0 Å². The number of aryl methyl sites for hydroxylation is 1. The van der Waals surface area contributed by atoms with E-state index < -0.39 is 5.97 Å². The normalized spacial score (nSPS) is 10.8. The number of thioether (sulfide) groups is 1. The monoisotopic (exact) mass is 185 g/mol. The van der Waals surface area contributed by atoms with Crippen LogP contribution in [0.2, 0.25) is 0 Å². The fourth-order valence-electron chi connectivity index (χ4n) is 0.537. The van der Waals surface area contributed by atoms with E-state index in [1.165, 1.54) is 11.7 Å². The van der Waals surface area contributed by atoms with Crippen LogP contribution in [-0.2, 0) is 4.79 Å². The Hall–Kier alpha value is -1.23. The zero-order valence-corrected chi connectivity index (χ0v) is 7.17. The number of nitrogens with zero attached hydrogens (tertiary/aromatic N) is 1. The minimum Gasteiger partial charge on any atom is -0.478 e. The van der Waals surface area contributed by atoms with Crippen LogP contribution in [0.5, 0.6) is 0 Å². The molecule has 1 heterocycles. The van der Waals surface area contributed by atoms with Crippen molar-refractivity contribution in [2.75, 3.05) is 0 Å². The van der Waals surface area contributed by atoms with Crippen LogP contribution < -0.4 is 0 Å². The summed E-state index contributed by atoms with van der Waals surface area (Å²) in [6.07, 6.45) is 2.54. The summed E-state index contributed by atoms with van der Waals surface area (Å²) in [4.78, 5) is 14.0. The van der Waals surface area contributed by atoms with E-state index >= 15 is 0 Å². The molecule has 0 radical (unpaired) electrons. The number of aliphatic carboxylic acids is 1. The summed E-state index contributed by atoms with van der Waals surface area (Å²) < 4.78 is 4.95. The molecule has 12 heavy (non-hydrogen) atoms. The lowest BCUT2D eigenvalue weighted by Gasteiger charge is -1.82. The smallest absolute Gasteiger partial charge is 0.328 e. The molecule has 1 aromatic rings. The first kappa shape index (κ1) is 8.86. The Bertz CT molecular complexity index is 305. The highest BCUT2D eigenvalue weighted by molar-refractivity contribution is 8.01. The van der Waals surface area contributed by atoms with Crippen LogP contribution in [0, 0.1) is 6.92 Å². The molecule has 0 spiro atoms. The van der Waals surface area contributed by atoms with Crippen molar-refractivity contribution >= 4 is 17.7 Å². The fraction of sp³-hybridized carbons (Fsp3) is 0.143. The van der Waals surface area contributed by atoms with Gasteiger partial charge in [0.15, 0.2) is 0 Å². The van der Waals surface area contributed by atoms with Crippen molar-refractivity contribution in [1.82, 2.24) is 4.98 Å². The third-order valence-corrected chi connectivity index (χ3v) is 1.64. The average Bonchev–Trinajstić information content (AvgIpc) is 2.35.